The van der Waals surface area contributed by atoms with Gasteiger partial charge in [0.1, 0.15) is 11.5 Å². The molecule has 1 aromatic carbocycles. The standard InChI is InChI=1S/C12H17NO4/c1-3-13-12(15)8-17-11-6-10(16-2)5-4-9(11)7-14/h4-6,14H,3,7-8H2,1-2H3,(H,13,15). The van der Waals surface area contributed by atoms with Crippen molar-refractivity contribution < 1.29 is 19.4 Å². The van der Waals surface area contributed by atoms with Crippen LogP contribution in [0.4, 0.5) is 0 Å². The van der Waals surface area contributed by atoms with Crippen molar-refractivity contribution >= 4 is 5.91 Å². The van der Waals surface area contributed by atoms with Gasteiger partial charge in [-0.1, -0.05) is 0 Å². The third-order valence-electron chi connectivity index (χ3n) is 2.18. The largest absolute Gasteiger partial charge is 0.497 e. The van der Waals surface area contributed by atoms with Crippen LogP contribution in [0.25, 0.3) is 0 Å². The summed E-state index contributed by atoms with van der Waals surface area (Å²) in [6, 6.07) is 5.07. The highest BCUT2D eigenvalue weighted by molar-refractivity contribution is 5.77. The Kier molecular flexibility index (Phi) is 5.29. The molecule has 94 valence electrons. The Morgan fingerprint density at radius 2 is 2.24 bits per heavy atom. The van der Waals surface area contributed by atoms with E-state index in [4.69, 9.17) is 14.6 Å². The molecule has 0 radical (unpaired) electrons. The van der Waals surface area contributed by atoms with Crippen molar-refractivity contribution in [2.24, 2.45) is 0 Å². The summed E-state index contributed by atoms with van der Waals surface area (Å²) in [4.78, 5) is 11.2. The summed E-state index contributed by atoms with van der Waals surface area (Å²) in [6.07, 6.45) is 0. The van der Waals surface area contributed by atoms with Gasteiger partial charge in [-0.25, -0.2) is 0 Å². The number of methoxy groups -OCH3 is 1. The van der Waals surface area contributed by atoms with Gasteiger partial charge >= 0.3 is 0 Å². The van der Waals surface area contributed by atoms with Gasteiger partial charge in [0.05, 0.1) is 13.7 Å². The molecule has 0 aliphatic rings. The molecule has 0 fully saturated rings. The molecule has 0 heterocycles. The monoisotopic (exact) mass is 239 g/mol. The van der Waals surface area contributed by atoms with Crippen LogP contribution in [0.3, 0.4) is 0 Å². The number of aliphatic hydroxyl groups excluding tert-OH is 1. The van der Waals surface area contributed by atoms with Crippen molar-refractivity contribution in [3.63, 3.8) is 0 Å². The first kappa shape index (κ1) is 13.3. The maximum atomic E-state index is 11.2. The molecule has 0 unspecified atom stereocenters. The zero-order chi connectivity index (χ0) is 12.7. The van der Waals surface area contributed by atoms with Crippen LogP contribution >= 0.6 is 0 Å². The molecular formula is C12H17NO4. The SMILES string of the molecule is CCNC(=O)COc1cc(OC)ccc1CO. The Bertz CT molecular complexity index is 379. The highest BCUT2D eigenvalue weighted by Crippen LogP contribution is 2.24. The number of amides is 1. The maximum absolute atomic E-state index is 11.2. The lowest BCUT2D eigenvalue weighted by molar-refractivity contribution is -0.123. The van der Waals surface area contributed by atoms with Crippen molar-refractivity contribution in [1.29, 1.82) is 0 Å². The molecule has 0 spiro atoms. The van der Waals surface area contributed by atoms with Gasteiger partial charge in [0.15, 0.2) is 6.61 Å². The predicted molar refractivity (Wildman–Crippen MR) is 63.1 cm³/mol. The van der Waals surface area contributed by atoms with Gasteiger partial charge in [0.25, 0.3) is 5.91 Å². The fourth-order valence-electron chi connectivity index (χ4n) is 1.32. The van der Waals surface area contributed by atoms with Crippen LogP contribution < -0.4 is 14.8 Å². The lowest BCUT2D eigenvalue weighted by Crippen LogP contribution is -2.28. The van der Waals surface area contributed by atoms with E-state index in [9.17, 15) is 4.79 Å². The third-order valence-corrected chi connectivity index (χ3v) is 2.18. The third kappa shape index (κ3) is 3.96. The Balaban J connectivity index is 2.70. The summed E-state index contributed by atoms with van der Waals surface area (Å²) in [5.74, 6) is 0.880. The summed E-state index contributed by atoms with van der Waals surface area (Å²) >= 11 is 0. The highest BCUT2D eigenvalue weighted by atomic mass is 16.5. The zero-order valence-corrected chi connectivity index (χ0v) is 10.0. The van der Waals surface area contributed by atoms with Crippen LogP contribution in [0, 0.1) is 0 Å². The molecule has 1 amide bonds. The Morgan fingerprint density at radius 3 is 2.82 bits per heavy atom. The molecule has 0 saturated heterocycles. The van der Waals surface area contributed by atoms with Gasteiger partial charge in [0.2, 0.25) is 0 Å². The van der Waals surface area contributed by atoms with Crippen molar-refractivity contribution in [1.82, 2.24) is 5.32 Å². The smallest absolute Gasteiger partial charge is 0.257 e. The maximum Gasteiger partial charge on any atom is 0.257 e. The van der Waals surface area contributed by atoms with Crippen LogP contribution in [-0.4, -0.2) is 31.3 Å². The van der Waals surface area contributed by atoms with E-state index in [0.29, 0.717) is 23.6 Å². The van der Waals surface area contributed by atoms with Crippen LogP contribution in [-0.2, 0) is 11.4 Å². The molecule has 0 aliphatic heterocycles. The molecule has 5 heteroatoms. The van der Waals surface area contributed by atoms with Crippen LogP contribution in [0.1, 0.15) is 12.5 Å². The van der Waals surface area contributed by atoms with E-state index in [-0.39, 0.29) is 19.1 Å². The second kappa shape index (κ2) is 6.75. The number of nitrogens with one attached hydrogen (secondary N) is 1. The molecule has 17 heavy (non-hydrogen) atoms. The first-order chi connectivity index (χ1) is 8.21. The Morgan fingerprint density at radius 1 is 1.47 bits per heavy atom. The summed E-state index contributed by atoms with van der Waals surface area (Å²) in [7, 11) is 1.54. The number of hydrogen-bond acceptors (Lipinski definition) is 4. The van der Waals surface area contributed by atoms with Gasteiger partial charge in [-0.3, -0.25) is 4.79 Å². The quantitative estimate of drug-likeness (QED) is 0.767. The van der Waals surface area contributed by atoms with Crippen molar-refractivity contribution in [3.8, 4) is 11.5 Å². The number of hydrogen-bond donors (Lipinski definition) is 2. The van der Waals surface area contributed by atoms with Gasteiger partial charge in [-0.15, -0.1) is 0 Å². The minimum Gasteiger partial charge on any atom is -0.497 e. The molecule has 0 bridgehead atoms. The molecule has 1 aromatic rings. The molecule has 0 aromatic heterocycles. The highest BCUT2D eigenvalue weighted by Gasteiger charge is 2.07. The zero-order valence-electron chi connectivity index (χ0n) is 10.0. The number of ether oxygens (including phenoxy) is 2. The lowest BCUT2D eigenvalue weighted by Gasteiger charge is -2.11. The van der Waals surface area contributed by atoms with Gasteiger partial charge in [-0.05, 0) is 19.1 Å². The first-order valence-corrected chi connectivity index (χ1v) is 5.38. The summed E-state index contributed by atoms with van der Waals surface area (Å²) in [5.41, 5.74) is 0.620. The molecule has 0 atom stereocenters. The Hall–Kier alpha value is -1.75. The van der Waals surface area contributed by atoms with E-state index in [1.165, 1.54) is 0 Å². The molecule has 0 saturated carbocycles. The van der Waals surface area contributed by atoms with Crippen molar-refractivity contribution in [2.45, 2.75) is 13.5 Å². The second-order valence-corrected chi connectivity index (χ2v) is 3.37. The van der Waals surface area contributed by atoms with Gasteiger partial charge in [-0.2, -0.15) is 0 Å². The average Bonchev–Trinajstić information content (AvgIpc) is 2.36. The topological polar surface area (TPSA) is 67.8 Å². The fourth-order valence-corrected chi connectivity index (χ4v) is 1.32. The lowest BCUT2D eigenvalue weighted by atomic mass is 10.2. The normalized spacial score (nSPS) is 9.82. The van der Waals surface area contributed by atoms with Gasteiger partial charge < -0.3 is 19.9 Å². The fraction of sp³-hybridized carbons (Fsp3) is 0.417. The molecule has 2 N–H and O–H groups in total. The van der Waals surface area contributed by atoms with Crippen LogP contribution in [0.2, 0.25) is 0 Å². The van der Waals surface area contributed by atoms with Crippen molar-refractivity contribution in [2.75, 3.05) is 20.3 Å². The number of benzene rings is 1. The summed E-state index contributed by atoms with van der Waals surface area (Å²) in [6.45, 7) is 2.18. The van der Waals surface area contributed by atoms with Crippen LogP contribution in [0.5, 0.6) is 11.5 Å². The minimum absolute atomic E-state index is 0.0754. The molecule has 0 aliphatic carbocycles. The van der Waals surface area contributed by atoms with E-state index in [0.717, 1.165) is 0 Å². The number of carbonyl (C=O) groups is 1. The minimum atomic E-state index is -0.195. The first-order valence-electron chi connectivity index (χ1n) is 5.38. The predicted octanol–water partition coefficient (Wildman–Crippen LogP) is 0.702. The summed E-state index contributed by atoms with van der Waals surface area (Å²) < 4.78 is 10.4. The van der Waals surface area contributed by atoms with E-state index < -0.39 is 0 Å². The second-order valence-electron chi connectivity index (χ2n) is 3.37. The molecule has 5 nitrogen and oxygen atoms in total. The number of likely N-dealkylation sites (N-methyl/N-ethyl adjacent to an activating group) is 1. The average molecular weight is 239 g/mol. The molecule has 1 rings (SSSR count). The van der Waals surface area contributed by atoms with E-state index in [1.54, 1.807) is 25.3 Å². The van der Waals surface area contributed by atoms with Crippen molar-refractivity contribution in [3.05, 3.63) is 23.8 Å². The van der Waals surface area contributed by atoms with Gasteiger partial charge in [0, 0.05) is 18.2 Å². The number of aliphatic hydroxyl groups is 1. The molecular weight excluding hydrogens is 222 g/mol. The number of rotatable bonds is 6. The van der Waals surface area contributed by atoms with E-state index in [2.05, 4.69) is 5.32 Å². The van der Waals surface area contributed by atoms with Crippen LogP contribution in [0.15, 0.2) is 18.2 Å². The Labute approximate surface area is 100 Å². The van der Waals surface area contributed by atoms with E-state index >= 15 is 0 Å². The summed E-state index contributed by atoms with van der Waals surface area (Å²) in [5, 5.41) is 11.8. The van der Waals surface area contributed by atoms with E-state index in [1.807, 2.05) is 6.92 Å². The number of carbonyl (C=O) groups excluding carboxylic acids is 1.